The predicted molar refractivity (Wildman–Crippen MR) is 432 cm³/mol. The number of esters is 4. The molecule has 0 aromatic heterocycles. The average Bonchev–Trinajstić information content (AvgIpc) is 0.946. The second-order valence-electron chi connectivity index (χ2n) is 31.7. The maximum absolute atomic E-state index is 13.1. The molecule has 5 unspecified atom stereocenters. The van der Waals surface area contributed by atoms with Crippen LogP contribution in [-0.2, 0) is 65.4 Å². The lowest BCUT2D eigenvalue weighted by molar-refractivity contribution is -0.161. The molecule has 0 rings (SSSR count). The molecule has 0 radical (unpaired) electrons. The van der Waals surface area contributed by atoms with Gasteiger partial charge < -0.3 is 33.8 Å². The number of unbranched alkanes of at least 4 members (excludes halogenated alkanes) is 49. The normalized spacial score (nSPS) is 14.6. The minimum absolute atomic E-state index is 0.106. The third-order valence-corrected chi connectivity index (χ3v) is 23.1. The third kappa shape index (κ3) is 75.9. The molecule has 105 heavy (non-hydrogen) atoms. The van der Waals surface area contributed by atoms with Gasteiger partial charge in [0.1, 0.15) is 19.3 Å². The van der Waals surface area contributed by atoms with Crippen molar-refractivity contribution in [1.29, 1.82) is 0 Å². The van der Waals surface area contributed by atoms with Gasteiger partial charge >= 0.3 is 39.5 Å². The zero-order valence-corrected chi connectivity index (χ0v) is 71.0. The van der Waals surface area contributed by atoms with Gasteiger partial charge in [0.15, 0.2) is 12.2 Å². The molecule has 0 aliphatic rings. The maximum atomic E-state index is 13.1. The predicted octanol–water partition coefficient (Wildman–Crippen LogP) is 26.1. The number of aliphatic hydroxyl groups is 1. The van der Waals surface area contributed by atoms with Crippen molar-refractivity contribution in [2.24, 2.45) is 17.8 Å². The lowest BCUT2D eigenvalue weighted by Gasteiger charge is -2.21. The average molecular weight is 1540 g/mol. The van der Waals surface area contributed by atoms with E-state index < -0.39 is 97.5 Å². The van der Waals surface area contributed by atoms with Crippen molar-refractivity contribution in [1.82, 2.24) is 0 Å². The molecule has 0 aliphatic heterocycles. The summed E-state index contributed by atoms with van der Waals surface area (Å²) in [5.74, 6) is 0.369. The number of rotatable bonds is 84. The van der Waals surface area contributed by atoms with E-state index in [1.807, 2.05) is 0 Å². The van der Waals surface area contributed by atoms with Gasteiger partial charge in [-0.2, -0.15) is 0 Å². The lowest BCUT2D eigenvalue weighted by atomic mass is 9.99. The molecular formula is C86H168O17P2. The maximum Gasteiger partial charge on any atom is 0.472 e. The van der Waals surface area contributed by atoms with Crippen LogP contribution in [0, 0.1) is 17.8 Å². The SMILES string of the molecule is CCCCCCCCCCCCCC(=O)O[C@H](COC(=O)CCCCCCCCC(C)CC)COP(=O)(O)OC[C@H](O)COP(=O)(O)OC[C@@H](COC(=O)CCCCCCCCCCCCCCCCCCCCC(C)CC)OC(=O)CCCCCCCCCCCCCCCCCCCCC(C)CC. The van der Waals surface area contributed by atoms with Crippen molar-refractivity contribution in [2.45, 2.75) is 471 Å². The molecule has 0 aromatic carbocycles. The number of hydrogen-bond acceptors (Lipinski definition) is 15. The number of ether oxygens (including phenoxy) is 4. The van der Waals surface area contributed by atoms with Gasteiger partial charge in [-0.25, -0.2) is 9.13 Å². The van der Waals surface area contributed by atoms with Gasteiger partial charge in [-0.1, -0.05) is 402 Å². The van der Waals surface area contributed by atoms with E-state index in [0.717, 1.165) is 114 Å². The first-order valence-electron chi connectivity index (χ1n) is 44.5. The first kappa shape index (κ1) is 103. The number of carbonyl (C=O) groups excluding carboxylic acids is 4. The Morgan fingerprint density at radius 2 is 0.457 bits per heavy atom. The molecule has 0 fully saturated rings. The second-order valence-corrected chi connectivity index (χ2v) is 34.6. The molecule has 17 nitrogen and oxygen atoms in total. The fraction of sp³-hybridized carbons (Fsp3) is 0.953. The van der Waals surface area contributed by atoms with Crippen LogP contribution in [0.25, 0.3) is 0 Å². The molecule has 3 N–H and O–H groups in total. The Labute approximate surface area is 645 Å². The summed E-state index contributed by atoms with van der Waals surface area (Å²) in [6, 6.07) is 0. The highest BCUT2D eigenvalue weighted by atomic mass is 31.2. The van der Waals surface area contributed by atoms with E-state index in [1.165, 1.54) is 257 Å². The highest BCUT2D eigenvalue weighted by Gasteiger charge is 2.31. The monoisotopic (exact) mass is 1540 g/mol. The van der Waals surface area contributed by atoms with Crippen molar-refractivity contribution in [3.05, 3.63) is 0 Å². The van der Waals surface area contributed by atoms with Crippen LogP contribution in [0.1, 0.15) is 453 Å². The van der Waals surface area contributed by atoms with Gasteiger partial charge in [0, 0.05) is 25.7 Å². The van der Waals surface area contributed by atoms with Crippen LogP contribution in [0.15, 0.2) is 0 Å². The Bertz CT molecular complexity index is 2030. The fourth-order valence-electron chi connectivity index (χ4n) is 13.3. The van der Waals surface area contributed by atoms with Crippen LogP contribution in [0.5, 0.6) is 0 Å². The van der Waals surface area contributed by atoms with Gasteiger partial charge in [0.25, 0.3) is 0 Å². The molecular weight excluding hydrogens is 1370 g/mol. The molecule has 0 spiro atoms. The highest BCUT2D eigenvalue weighted by Crippen LogP contribution is 2.45. The van der Waals surface area contributed by atoms with E-state index in [2.05, 4.69) is 48.5 Å². The van der Waals surface area contributed by atoms with E-state index in [4.69, 9.17) is 37.0 Å². The van der Waals surface area contributed by atoms with Gasteiger partial charge in [-0.3, -0.25) is 37.3 Å². The van der Waals surface area contributed by atoms with Crippen molar-refractivity contribution in [3.63, 3.8) is 0 Å². The Hall–Kier alpha value is -1.94. The van der Waals surface area contributed by atoms with Crippen molar-refractivity contribution in [3.8, 4) is 0 Å². The summed E-state index contributed by atoms with van der Waals surface area (Å²) in [6.07, 6.45) is 66.7. The first-order chi connectivity index (χ1) is 50.8. The summed E-state index contributed by atoms with van der Waals surface area (Å²) in [5.41, 5.74) is 0. The van der Waals surface area contributed by atoms with Crippen molar-refractivity contribution >= 4 is 39.5 Å². The summed E-state index contributed by atoms with van der Waals surface area (Å²) < 4.78 is 68.8. The van der Waals surface area contributed by atoms with Crippen molar-refractivity contribution < 1.29 is 80.2 Å². The summed E-state index contributed by atoms with van der Waals surface area (Å²) >= 11 is 0. The molecule has 0 saturated heterocycles. The molecule has 0 amide bonds. The smallest absolute Gasteiger partial charge is 0.462 e. The summed E-state index contributed by atoms with van der Waals surface area (Å²) in [7, 11) is -9.92. The minimum Gasteiger partial charge on any atom is -0.462 e. The zero-order chi connectivity index (χ0) is 77.2. The zero-order valence-electron chi connectivity index (χ0n) is 69.2. The number of carbonyl (C=O) groups is 4. The van der Waals surface area contributed by atoms with Crippen LogP contribution in [0.4, 0.5) is 0 Å². The van der Waals surface area contributed by atoms with Gasteiger partial charge in [-0.05, 0) is 43.4 Å². The topological polar surface area (TPSA) is 237 Å². The largest absolute Gasteiger partial charge is 0.472 e. The van der Waals surface area contributed by atoms with E-state index in [-0.39, 0.29) is 25.7 Å². The summed E-state index contributed by atoms with van der Waals surface area (Å²) in [4.78, 5) is 73.1. The van der Waals surface area contributed by atoms with E-state index >= 15 is 0 Å². The van der Waals surface area contributed by atoms with Gasteiger partial charge in [0.05, 0.1) is 26.4 Å². The lowest BCUT2D eigenvalue weighted by Crippen LogP contribution is -2.30. The highest BCUT2D eigenvalue weighted by molar-refractivity contribution is 7.47. The second kappa shape index (κ2) is 76.1. The molecule has 0 aromatic rings. The molecule has 0 saturated carbocycles. The van der Waals surface area contributed by atoms with E-state index in [9.17, 15) is 43.2 Å². The molecule has 8 atom stereocenters. The standard InChI is InChI=1S/C86H168O17P2/c1-8-12-13-14-15-16-33-41-46-55-62-69-85(90)103-82(74-97-84(89)68-61-54-49-48-52-59-66-79(7)11-4)76-101-105(94,95)99-72-80(87)71-98-104(92,93)100-75-81(102-86(91)70-63-56-47-42-37-32-28-24-20-18-22-26-30-35-39-44-51-58-65-78(6)10-3)73-96-83(88)67-60-53-45-40-36-31-27-23-19-17-21-25-29-34-38-43-50-57-64-77(5)9-2/h77-82,87H,8-76H2,1-7H3,(H,92,93)(H,94,95)/t77?,78?,79?,80-,81-,82-/m1/s1. The van der Waals surface area contributed by atoms with E-state index in [0.29, 0.717) is 25.7 Å². The van der Waals surface area contributed by atoms with Crippen molar-refractivity contribution in [2.75, 3.05) is 39.6 Å². The Morgan fingerprint density at radius 1 is 0.267 bits per heavy atom. The summed E-state index contributed by atoms with van der Waals surface area (Å²) in [6.45, 7) is 12.1. The molecule has 0 bridgehead atoms. The molecule has 19 heteroatoms. The van der Waals surface area contributed by atoms with Gasteiger partial charge in [-0.15, -0.1) is 0 Å². The fourth-order valence-corrected chi connectivity index (χ4v) is 14.9. The number of phosphoric acid groups is 2. The molecule has 0 heterocycles. The van der Waals surface area contributed by atoms with Gasteiger partial charge in [0.2, 0.25) is 0 Å². The Balaban J connectivity index is 5.18. The molecule has 624 valence electrons. The Morgan fingerprint density at radius 3 is 0.676 bits per heavy atom. The number of hydrogen-bond donors (Lipinski definition) is 3. The quantitative estimate of drug-likeness (QED) is 0.0222. The molecule has 0 aliphatic carbocycles. The Kier molecular flexibility index (Phi) is 74.7. The first-order valence-corrected chi connectivity index (χ1v) is 47.5. The van der Waals surface area contributed by atoms with E-state index in [1.54, 1.807) is 0 Å². The minimum atomic E-state index is -4.97. The van der Waals surface area contributed by atoms with Crippen LogP contribution >= 0.6 is 15.6 Å². The van der Waals surface area contributed by atoms with Crippen LogP contribution < -0.4 is 0 Å². The summed E-state index contributed by atoms with van der Waals surface area (Å²) in [5, 5.41) is 10.7. The number of aliphatic hydroxyl groups excluding tert-OH is 1. The number of phosphoric ester groups is 2. The van der Waals surface area contributed by atoms with Crippen LogP contribution in [-0.4, -0.2) is 96.7 Å². The van der Waals surface area contributed by atoms with Crippen LogP contribution in [0.2, 0.25) is 0 Å². The third-order valence-electron chi connectivity index (χ3n) is 21.2. The van der Waals surface area contributed by atoms with Crippen LogP contribution in [0.3, 0.4) is 0 Å².